The summed E-state index contributed by atoms with van der Waals surface area (Å²) in [7, 11) is 1.60. The summed E-state index contributed by atoms with van der Waals surface area (Å²) in [5, 5.41) is 12.6. The van der Waals surface area contributed by atoms with Gasteiger partial charge in [-0.25, -0.2) is 10.1 Å². The predicted octanol–water partition coefficient (Wildman–Crippen LogP) is 2.84. The zero-order valence-corrected chi connectivity index (χ0v) is 19.6. The van der Waals surface area contributed by atoms with Crippen molar-refractivity contribution in [3.05, 3.63) is 81.4 Å². The maximum Gasteiger partial charge on any atom is 0.280 e. The fourth-order valence-corrected chi connectivity index (χ4v) is 3.51. The van der Waals surface area contributed by atoms with Crippen LogP contribution in [0.1, 0.15) is 29.4 Å². The minimum atomic E-state index is -0.495. The Morgan fingerprint density at radius 1 is 1.14 bits per heavy atom. The van der Waals surface area contributed by atoms with Crippen LogP contribution in [-0.2, 0) is 17.8 Å². The van der Waals surface area contributed by atoms with E-state index in [1.54, 1.807) is 14.0 Å². The number of nitrogens with one attached hydrogen (secondary N) is 1. The highest BCUT2D eigenvalue weighted by Crippen LogP contribution is 2.21. The molecule has 0 saturated heterocycles. The van der Waals surface area contributed by atoms with Gasteiger partial charge in [0, 0.05) is 6.42 Å². The van der Waals surface area contributed by atoms with Gasteiger partial charge < -0.3 is 14.0 Å². The highest BCUT2D eigenvalue weighted by molar-refractivity contribution is 5.83. The number of benzene rings is 2. The average Bonchev–Trinajstić information content (AvgIpc) is 3.26. The fraction of sp³-hybridized carbons (Fsp3) is 0.240. The van der Waals surface area contributed by atoms with E-state index in [2.05, 4.69) is 20.8 Å². The third-order valence-electron chi connectivity index (χ3n) is 5.23. The molecule has 0 radical (unpaired) electrons. The highest BCUT2D eigenvalue weighted by Gasteiger charge is 2.19. The smallest absolute Gasteiger partial charge is 0.280 e. The van der Waals surface area contributed by atoms with Crippen molar-refractivity contribution in [2.45, 2.75) is 26.8 Å². The first-order chi connectivity index (χ1) is 17.0. The molecule has 0 aliphatic rings. The molecule has 0 aliphatic heterocycles. The first-order valence-corrected chi connectivity index (χ1v) is 11.0. The number of fused-ring (bicyclic) bond motifs is 1. The fourth-order valence-electron chi connectivity index (χ4n) is 3.51. The van der Waals surface area contributed by atoms with E-state index in [1.807, 2.05) is 55.5 Å². The molecule has 35 heavy (non-hydrogen) atoms. The summed E-state index contributed by atoms with van der Waals surface area (Å²) in [4.78, 5) is 25.5. The number of hydrogen-bond acceptors (Lipinski definition) is 8. The van der Waals surface area contributed by atoms with E-state index in [9.17, 15) is 9.59 Å². The summed E-state index contributed by atoms with van der Waals surface area (Å²) in [5.74, 6) is 0.990. The van der Waals surface area contributed by atoms with Crippen LogP contribution < -0.4 is 20.5 Å². The number of rotatable bonds is 9. The van der Waals surface area contributed by atoms with Crippen LogP contribution >= 0.6 is 0 Å². The second kappa shape index (κ2) is 10.6. The van der Waals surface area contributed by atoms with Crippen molar-refractivity contribution >= 4 is 23.1 Å². The van der Waals surface area contributed by atoms with Crippen molar-refractivity contribution in [2.24, 2.45) is 5.10 Å². The summed E-state index contributed by atoms with van der Waals surface area (Å²) in [6.45, 7) is 3.86. The lowest BCUT2D eigenvalue weighted by Crippen LogP contribution is -2.32. The van der Waals surface area contributed by atoms with E-state index in [0.717, 1.165) is 27.3 Å². The Labute approximate surface area is 201 Å². The lowest BCUT2D eigenvalue weighted by molar-refractivity contribution is -0.121. The van der Waals surface area contributed by atoms with Crippen molar-refractivity contribution < 1.29 is 18.8 Å². The largest absolute Gasteiger partial charge is 0.497 e. The molecule has 4 aromatic rings. The van der Waals surface area contributed by atoms with Gasteiger partial charge in [0.05, 0.1) is 25.6 Å². The number of hydrogen-bond donors (Lipinski definition) is 1. The van der Waals surface area contributed by atoms with Crippen LogP contribution in [0, 0.1) is 6.92 Å². The van der Waals surface area contributed by atoms with Crippen LogP contribution in [0.3, 0.4) is 0 Å². The van der Waals surface area contributed by atoms with Gasteiger partial charge in [-0.1, -0.05) is 17.3 Å². The number of aromatic nitrogens is 3. The summed E-state index contributed by atoms with van der Waals surface area (Å²) in [6, 6.07) is 14.7. The Morgan fingerprint density at radius 2 is 1.86 bits per heavy atom. The number of nitrogens with zero attached hydrogens (tertiary/aromatic N) is 4. The summed E-state index contributed by atoms with van der Waals surface area (Å²) in [5.41, 5.74) is 4.94. The summed E-state index contributed by atoms with van der Waals surface area (Å²) >= 11 is 0. The number of carbonyl (C=O) groups excluding carboxylic acids is 1. The van der Waals surface area contributed by atoms with Crippen LogP contribution in [-0.4, -0.2) is 40.8 Å². The minimum absolute atomic E-state index is 0.300. The molecule has 4 rings (SSSR count). The molecule has 1 amide bonds. The molecule has 2 aromatic heterocycles. The molecule has 0 fully saturated rings. The Morgan fingerprint density at radius 3 is 2.54 bits per heavy atom. The normalized spacial score (nSPS) is 11.2. The molecular weight excluding hydrogens is 450 g/mol. The topological polar surface area (TPSA) is 121 Å². The van der Waals surface area contributed by atoms with Crippen molar-refractivity contribution in [3.8, 4) is 11.5 Å². The van der Waals surface area contributed by atoms with Crippen LogP contribution in [0.25, 0.3) is 11.0 Å². The van der Waals surface area contributed by atoms with E-state index in [-0.39, 0.29) is 6.54 Å². The molecule has 10 nitrogen and oxygen atoms in total. The number of carbonyl (C=O) groups is 1. The third-order valence-corrected chi connectivity index (χ3v) is 5.23. The van der Waals surface area contributed by atoms with Crippen LogP contribution in [0.4, 0.5) is 0 Å². The number of aryl methyl sites for hydroxylation is 1. The Kier molecular flexibility index (Phi) is 7.20. The van der Waals surface area contributed by atoms with Gasteiger partial charge >= 0.3 is 0 Å². The van der Waals surface area contributed by atoms with E-state index in [4.69, 9.17) is 14.0 Å². The highest BCUT2D eigenvalue weighted by atomic mass is 16.5. The maximum absolute atomic E-state index is 13.0. The average molecular weight is 476 g/mol. The SMILES string of the molecule is CCOc1ccc(/C=N/NC(=O)Cn2nc(Cc3ccc(OC)cc3)c3onc(C)c3c2=O)cc1. The van der Waals surface area contributed by atoms with Gasteiger partial charge in [-0.05, 0) is 61.4 Å². The number of hydrazone groups is 1. The lowest BCUT2D eigenvalue weighted by Gasteiger charge is -2.08. The van der Waals surface area contributed by atoms with Gasteiger partial charge in [0.2, 0.25) is 0 Å². The minimum Gasteiger partial charge on any atom is -0.497 e. The first kappa shape index (κ1) is 23.7. The predicted molar refractivity (Wildman–Crippen MR) is 130 cm³/mol. The van der Waals surface area contributed by atoms with Crippen LogP contribution in [0.15, 0.2) is 62.9 Å². The first-order valence-electron chi connectivity index (χ1n) is 11.0. The molecule has 0 unspecified atom stereocenters. The molecule has 0 atom stereocenters. The third kappa shape index (κ3) is 5.55. The second-order valence-electron chi connectivity index (χ2n) is 7.70. The summed E-state index contributed by atoms with van der Waals surface area (Å²) < 4.78 is 17.1. The van der Waals surface area contributed by atoms with Gasteiger partial charge in [0.15, 0.2) is 5.58 Å². The van der Waals surface area contributed by atoms with Gasteiger partial charge in [0.1, 0.15) is 29.1 Å². The molecule has 0 spiro atoms. The Bertz CT molecular complexity index is 1410. The zero-order chi connectivity index (χ0) is 24.8. The van der Waals surface area contributed by atoms with Crippen molar-refractivity contribution in [2.75, 3.05) is 13.7 Å². The number of amides is 1. The van der Waals surface area contributed by atoms with E-state index >= 15 is 0 Å². The molecule has 0 aliphatic carbocycles. The molecule has 2 aromatic carbocycles. The molecule has 10 heteroatoms. The molecule has 1 N–H and O–H groups in total. The molecule has 0 bridgehead atoms. The van der Waals surface area contributed by atoms with Gasteiger partial charge in [-0.2, -0.15) is 10.2 Å². The van der Waals surface area contributed by atoms with Crippen LogP contribution in [0.2, 0.25) is 0 Å². The van der Waals surface area contributed by atoms with Crippen molar-refractivity contribution in [1.29, 1.82) is 0 Å². The van der Waals surface area contributed by atoms with Gasteiger partial charge in [-0.3, -0.25) is 9.59 Å². The number of ether oxygens (including phenoxy) is 2. The molecule has 0 saturated carbocycles. The standard InChI is InChI=1S/C25H25N5O5/c1-4-34-20-11-7-18(8-12-20)14-26-27-22(31)15-30-25(32)23-16(2)29-35-24(23)21(28-30)13-17-5-9-19(33-3)10-6-17/h5-12,14H,4,13,15H2,1-3H3,(H,27,31)/b26-14+. The van der Waals surface area contributed by atoms with Crippen molar-refractivity contribution in [1.82, 2.24) is 20.4 Å². The zero-order valence-electron chi connectivity index (χ0n) is 19.6. The summed E-state index contributed by atoms with van der Waals surface area (Å²) in [6.07, 6.45) is 1.89. The van der Waals surface area contributed by atoms with Gasteiger partial charge in [0.25, 0.3) is 11.5 Å². The quantitative estimate of drug-likeness (QED) is 0.292. The van der Waals surface area contributed by atoms with Gasteiger partial charge in [-0.15, -0.1) is 0 Å². The maximum atomic E-state index is 13.0. The molecule has 180 valence electrons. The Balaban J connectivity index is 1.51. The van der Waals surface area contributed by atoms with E-state index in [1.165, 1.54) is 6.21 Å². The number of methoxy groups -OCH3 is 1. The van der Waals surface area contributed by atoms with E-state index < -0.39 is 11.5 Å². The van der Waals surface area contributed by atoms with Crippen molar-refractivity contribution in [3.63, 3.8) is 0 Å². The lowest BCUT2D eigenvalue weighted by atomic mass is 10.1. The molecule has 2 heterocycles. The second-order valence-corrected chi connectivity index (χ2v) is 7.70. The molecular formula is C25H25N5O5. The monoisotopic (exact) mass is 475 g/mol. The Hall–Kier alpha value is -4.47. The van der Waals surface area contributed by atoms with Crippen LogP contribution in [0.5, 0.6) is 11.5 Å². The van der Waals surface area contributed by atoms with E-state index in [0.29, 0.717) is 35.4 Å².